The van der Waals surface area contributed by atoms with Crippen LogP contribution in [0, 0.1) is 0 Å². The number of phenols is 1. The number of phenolic OH excluding ortho intramolecular Hbond substituents is 1. The van der Waals surface area contributed by atoms with E-state index in [1.165, 1.54) is 4.88 Å². The molecule has 0 unspecified atom stereocenters. The molecule has 0 radical (unpaired) electrons. The van der Waals surface area contributed by atoms with Gasteiger partial charge in [0.1, 0.15) is 5.75 Å². The molecular weight excluding hydrogens is 314 g/mol. The summed E-state index contributed by atoms with van der Waals surface area (Å²) in [5, 5.41) is 16.1. The summed E-state index contributed by atoms with van der Waals surface area (Å²) in [5.41, 5.74) is 0.902. The number of thiophene rings is 1. The molecule has 1 aliphatic rings. The van der Waals surface area contributed by atoms with Crippen LogP contribution in [-0.4, -0.2) is 41.3 Å². The predicted molar refractivity (Wildman–Crippen MR) is 95.6 cm³/mol. The van der Waals surface area contributed by atoms with Crippen molar-refractivity contribution in [1.82, 2.24) is 10.2 Å². The van der Waals surface area contributed by atoms with Crippen molar-refractivity contribution in [3.8, 4) is 5.75 Å². The largest absolute Gasteiger partial charge is 0.506 e. The zero-order valence-corrected chi connectivity index (χ0v) is 13.9. The SMILES string of the molecule is Oc1ccccc1N1CCN(C(=S)NCc2cccs2)CC1. The number of hydrogen-bond donors (Lipinski definition) is 2. The molecule has 6 heteroatoms. The van der Waals surface area contributed by atoms with E-state index in [4.69, 9.17) is 12.2 Å². The van der Waals surface area contributed by atoms with E-state index in [1.54, 1.807) is 17.4 Å². The van der Waals surface area contributed by atoms with Gasteiger partial charge in [0.05, 0.1) is 12.2 Å². The van der Waals surface area contributed by atoms with E-state index in [2.05, 4.69) is 32.6 Å². The summed E-state index contributed by atoms with van der Waals surface area (Å²) in [5.74, 6) is 0.342. The molecule has 116 valence electrons. The first kappa shape index (κ1) is 15.1. The lowest BCUT2D eigenvalue weighted by Gasteiger charge is -2.37. The molecule has 2 N–H and O–H groups in total. The molecule has 0 atom stereocenters. The second-order valence-corrected chi connectivity index (χ2v) is 6.62. The molecule has 0 spiro atoms. The van der Waals surface area contributed by atoms with Crippen molar-refractivity contribution in [2.75, 3.05) is 31.1 Å². The van der Waals surface area contributed by atoms with Gasteiger partial charge in [-0.05, 0) is 35.8 Å². The van der Waals surface area contributed by atoms with Crippen LogP contribution < -0.4 is 10.2 Å². The Balaban J connectivity index is 1.51. The monoisotopic (exact) mass is 333 g/mol. The lowest BCUT2D eigenvalue weighted by molar-refractivity contribution is 0.377. The second-order valence-electron chi connectivity index (χ2n) is 5.20. The molecule has 1 aromatic heterocycles. The van der Waals surface area contributed by atoms with Gasteiger partial charge in [0.25, 0.3) is 0 Å². The average Bonchev–Trinajstić information content (AvgIpc) is 3.07. The number of nitrogens with one attached hydrogen (secondary N) is 1. The van der Waals surface area contributed by atoms with Gasteiger partial charge in [-0.15, -0.1) is 11.3 Å². The third-order valence-corrected chi connectivity index (χ3v) is 5.06. The Morgan fingerprint density at radius 1 is 1.14 bits per heavy atom. The number of aromatic hydroxyl groups is 1. The van der Waals surface area contributed by atoms with E-state index in [1.807, 2.05) is 18.2 Å². The topological polar surface area (TPSA) is 38.7 Å². The molecule has 4 nitrogen and oxygen atoms in total. The van der Waals surface area contributed by atoms with Gasteiger partial charge in [-0.1, -0.05) is 18.2 Å². The molecule has 0 aliphatic carbocycles. The standard InChI is InChI=1S/C16H19N3OS2/c20-15-6-2-1-5-14(15)18-7-9-19(10-8-18)16(21)17-12-13-4-3-11-22-13/h1-6,11,20H,7-10,12H2,(H,17,21). The highest BCUT2D eigenvalue weighted by Gasteiger charge is 2.20. The first-order valence-electron chi connectivity index (χ1n) is 7.32. The van der Waals surface area contributed by atoms with Gasteiger partial charge in [-0.25, -0.2) is 0 Å². The minimum Gasteiger partial charge on any atom is -0.506 e. The van der Waals surface area contributed by atoms with E-state index in [0.29, 0.717) is 5.75 Å². The van der Waals surface area contributed by atoms with E-state index < -0.39 is 0 Å². The van der Waals surface area contributed by atoms with Crippen molar-refractivity contribution in [1.29, 1.82) is 0 Å². The number of hydrogen-bond acceptors (Lipinski definition) is 4. The lowest BCUT2D eigenvalue weighted by atomic mass is 10.2. The highest BCUT2D eigenvalue weighted by Crippen LogP contribution is 2.27. The Labute approximate surface area is 140 Å². The summed E-state index contributed by atoms with van der Waals surface area (Å²) in [7, 11) is 0. The first-order chi connectivity index (χ1) is 10.7. The molecule has 0 amide bonds. The van der Waals surface area contributed by atoms with E-state index >= 15 is 0 Å². The zero-order chi connectivity index (χ0) is 15.4. The molecular formula is C16H19N3OS2. The molecule has 2 aromatic rings. The van der Waals surface area contributed by atoms with Crippen molar-refractivity contribution in [2.24, 2.45) is 0 Å². The van der Waals surface area contributed by atoms with Gasteiger partial charge in [0.15, 0.2) is 5.11 Å². The van der Waals surface area contributed by atoms with E-state index in [0.717, 1.165) is 43.5 Å². The van der Waals surface area contributed by atoms with Gasteiger partial charge in [-0.3, -0.25) is 0 Å². The maximum Gasteiger partial charge on any atom is 0.169 e. The summed E-state index contributed by atoms with van der Waals surface area (Å²) in [6, 6.07) is 11.6. The Hall–Kier alpha value is -1.79. The van der Waals surface area contributed by atoms with Crippen LogP contribution in [0.25, 0.3) is 0 Å². The molecule has 0 bridgehead atoms. The fourth-order valence-electron chi connectivity index (χ4n) is 2.57. The number of benzene rings is 1. The van der Waals surface area contributed by atoms with Crippen molar-refractivity contribution < 1.29 is 5.11 Å². The third-order valence-electron chi connectivity index (χ3n) is 3.78. The normalized spacial score (nSPS) is 14.9. The third kappa shape index (κ3) is 3.51. The zero-order valence-electron chi connectivity index (χ0n) is 12.2. The van der Waals surface area contributed by atoms with Crippen molar-refractivity contribution >= 4 is 34.4 Å². The summed E-state index contributed by atoms with van der Waals surface area (Å²) in [6.45, 7) is 4.24. The number of thiocarbonyl (C=S) groups is 1. The molecule has 3 rings (SSSR count). The van der Waals surface area contributed by atoms with Gasteiger partial charge in [0, 0.05) is 31.1 Å². The number of nitrogens with zero attached hydrogens (tertiary/aromatic N) is 2. The Kier molecular flexibility index (Phi) is 4.80. The van der Waals surface area contributed by atoms with Crippen LogP contribution in [-0.2, 0) is 6.54 Å². The second kappa shape index (κ2) is 6.98. The smallest absolute Gasteiger partial charge is 0.169 e. The van der Waals surface area contributed by atoms with E-state index in [-0.39, 0.29) is 0 Å². The van der Waals surface area contributed by atoms with Crippen LogP contribution in [0.3, 0.4) is 0 Å². The first-order valence-corrected chi connectivity index (χ1v) is 8.61. The summed E-state index contributed by atoms with van der Waals surface area (Å²) in [4.78, 5) is 5.68. The van der Waals surface area contributed by atoms with Crippen molar-refractivity contribution in [3.63, 3.8) is 0 Å². The van der Waals surface area contributed by atoms with Gasteiger partial charge in [-0.2, -0.15) is 0 Å². The quantitative estimate of drug-likeness (QED) is 0.845. The summed E-state index contributed by atoms with van der Waals surface area (Å²) in [6.07, 6.45) is 0. The predicted octanol–water partition coefficient (Wildman–Crippen LogP) is 2.65. The molecule has 1 aromatic carbocycles. The van der Waals surface area contributed by atoms with Crippen LogP contribution in [0.1, 0.15) is 4.88 Å². The maximum absolute atomic E-state index is 9.94. The molecule has 1 aliphatic heterocycles. The minimum absolute atomic E-state index is 0.342. The van der Waals surface area contributed by atoms with Gasteiger partial charge >= 0.3 is 0 Å². The van der Waals surface area contributed by atoms with Crippen LogP contribution in [0.2, 0.25) is 0 Å². The van der Waals surface area contributed by atoms with Crippen LogP contribution in [0.4, 0.5) is 5.69 Å². The van der Waals surface area contributed by atoms with Crippen LogP contribution >= 0.6 is 23.6 Å². The highest BCUT2D eigenvalue weighted by atomic mass is 32.1. The maximum atomic E-state index is 9.94. The Morgan fingerprint density at radius 2 is 1.91 bits per heavy atom. The molecule has 0 saturated carbocycles. The molecule has 22 heavy (non-hydrogen) atoms. The van der Waals surface area contributed by atoms with Crippen LogP contribution in [0.5, 0.6) is 5.75 Å². The fourth-order valence-corrected chi connectivity index (χ4v) is 3.47. The van der Waals surface area contributed by atoms with Gasteiger partial charge < -0.3 is 20.2 Å². The Bertz CT molecular complexity index is 622. The molecule has 1 fully saturated rings. The number of para-hydroxylation sites is 2. The highest BCUT2D eigenvalue weighted by molar-refractivity contribution is 7.80. The van der Waals surface area contributed by atoms with E-state index in [9.17, 15) is 5.11 Å². The summed E-state index contributed by atoms with van der Waals surface area (Å²) < 4.78 is 0. The molecule has 2 heterocycles. The fraction of sp³-hybridized carbons (Fsp3) is 0.312. The van der Waals surface area contributed by atoms with Crippen LogP contribution in [0.15, 0.2) is 41.8 Å². The van der Waals surface area contributed by atoms with Crippen molar-refractivity contribution in [3.05, 3.63) is 46.7 Å². The van der Waals surface area contributed by atoms with Gasteiger partial charge in [0.2, 0.25) is 0 Å². The average molecular weight is 333 g/mol. The minimum atomic E-state index is 0.342. The Morgan fingerprint density at radius 3 is 2.59 bits per heavy atom. The number of anilines is 1. The lowest BCUT2D eigenvalue weighted by Crippen LogP contribution is -2.51. The van der Waals surface area contributed by atoms with Crippen molar-refractivity contribution in [2.45, 2.75) is 6.54 Å². The summed E-state index contributed by atoms with van der Waals surface area (Å²) >= 11 is 7.21. The number of piperazine rings is 1. The molecule has 1 saturated heterocycles. The number of rotatable bonds is 3.